The van der Waals surface area contributed by atoms with E-state index in [4.69, 9.17) is 22.1 Å². The van der Waals surface area contributed by atoms with Crippen molar-refractivity contribution in [2.24, 2.45) is 0 Å². The third-order valence-electron chi connectivity index (χ3n) is 2.26. The molecule has 2 aromatic rings. The summed E-state index contributed by atoms with van der Waals surface area (Å²) in [5.74, 6) is 0.129. The third-order valence-corrected chi connectivity index (χ3v) is 2.63. The largest absolute Gasteiger partial charge is 0.489 e. The molecule has 0 bridgehead atoms. The van der Waals surface area contributed by atoms with E-state index in [1.165, 1.54) is 12.1 Å². The highest BCUT2D eigenvalue weighted by Crippen LogP contribution is 2.21. The maximum absolute atomic E-state index is 12.9. The molecule has 0 unspecified atom stereocenters. The van der Waals surface area contributed by atoms with Crippen molar-refractivity contribution in [3.8, 4) is 5.75 Å². The Hall–Kier alpha value is -1.74. The van der Waals surface area contributed by atoms with Crippen LogP contribution in [0.2, 0.25) is 5.02 Å². The van der Waals surface area contributed by atoms with E-state index in [0.717, 1.165) is 5.56 Å². The van der Waals surface area contributed by atoms with Crippen LogP contribution in [-0.2, 0) is 6.61 Å². The van der Waals surface area contributed by atoms with Gasteiger partial charge in [-0.2, -0.15) is 0 Å². The Balaban J connectivity index is 2.09. The first-order valence-corrected chi connectivity index (χ1v) is 5.45. The second kappa shape index (κ2) is 5.06. The Kier molecular flexibility index (Phi) is 3.49. The van der Waals surface area contributed by atoms with Gasteiger partial charge in [-0.25, -0.2) is 4.39 Å². The van der Waals surface area contributed by atoms with Crippen LogP contribution in [0.25, 0.3) is 0 Å². The Labute approximate surface area is 104 Å². The van der Waals surface area contributed by atoms with Crippen molar-refractivity contribution in [2.75, 3.05) is 5.73 Å². The van der Waals surface area contributed by atoms with E-state index in [9.17, 15) is 4.39 Å². The molecule has 0 spiro atoms. The van der Waals surface area contributed by atoms with E-state index in [-0.39, 0.29) is 12.4 Å². The number of ether oxygens (including phenoxy) is 1. The number of hydrogen-bond acceptors (Lipinski definition) is 2. The van der Waals surface area contributed by atoms with Gasteiger partial charge in [0.05, 0.1) is 0 Å². The van der Waals surface area contributed by atoms with Crippen molar-refractivity contribution in [3.63, 3.8) is 0 Å². The minimum Gasteiger partial charge on any atom is -0.489 e. The highest BCUT2D eigenvalue weighted by Gasteiger charge is 2.02. The molecule has 17 heavy (non-hydrogen) atoms. The van der Waals surface area contributed by atoms with Gasteiger partial charge in [0.1, 0.15) is 18.2 Å². The smallest absolute Gasteiger partial charge is 0.126 e. The van der Waals surface area contributed by atoms with Crippen LogP contribution in [0.1, 0.15) is 5.56 Å². The molecule has 4 heteroatoms. The summed E-state index contributed by atoms with van der Waals surface area (Å²) in [6.07, 6.45) is 0. The summed E-state index contributed by atoms with van der Waals surface area (Å²) in [6, 6.07) is 11.1. The van der Waals surface area contributed by atoms with Gasteiger partial charge in [-0.15, -0.1) is 0 Å². The number of rotatable bonds is 3. The Morgan fingerprint density at radius 3 is 2.76 bits per heavy atom. The molecule has 2 N–H and O–H groups in total. The Morgan fingerprint density at radius 1 is 1.18 bits per heavy atom. The summed E-state index contributed by atoms with van der Waals surface area (Å²) in [5, 5.41) is 0.579. The van der Waals surface area contributed by atoms with Crippen LogP contribution in [0.3, 0.4) is 0 Å². The van der Waals surface area contributed by atoms with E-state index in [2.05, 4.69) is 0 Å². The number of nitrogen functional groups attached to an aromatic ring is 1. The quantitative estimate of drug-likeness (QED) is 0.846. The number of benzene rings is 2. The average molecular weight is 252 g/mol. The molecule has 0 saturated carbocycles. The van der Waals surface area contributed by atoms with Gasteiger partial charge in [-0.3, -0.25) is 0 Å². The topological polar surface area (TPSA) is 35.2 Å². The lowest BCUT2D eigenvalue weighted by molar-refractivity contribution is 0.305. The van der Waals surface area contributed by atoms with Gasteiger partial charge in [-0.1, -0.05) is 17.7 Å². The first-order valence-electron chi connectivity index (χ1n) is 5.07. The number of halogens is 2. The molecule has 0 fully saturated rings. The van der Waals surface area contributed by atoms with Crippen molar-refractivity contribution >= 4 is 17.3 Å². The maximum atomic E-state index is 12.9. The molecule has 2 nitrogen and oxygen atoms in total. The lowest BCUT2D eigenvalue weighted by Crippen LogP contribution is -1.98. The minimum absolute atomic E-state index is 0.257. The molecule has 88 valence electrons. The molecule has 0 aliphatic rings. The zero-order valence-electron chi connectivity index (χ0n) is 8.99. The standard InChI is InChI=1S/C13H11ClFNO/c14-13-5-4-11(16)6-9(13)8-17-12-3-1-2-10(15)7-12/h1-7H,8,16H2. The van der Waals surface area contributed by atoms with E-state index >= 15 is 0 Å². The molecule has 0 aliphatic heterocycles. The summed E-state index contributed by atoms with van der Waals surface area (Å²) < 4.78 is 18.3. The van der Waals surface area contributed by atoms with Crippen molar-refractivity contribution < 1.29 is 9.13 Å². The Morgan fingerprint density at radius 2 is 2.00 bits per heavy atom. The van der Waals surface area contributed by atoms with E-state index in [0.29, 0.717) is 16.5 Å². The summed E-state index contributed by atoms with van der Waals surface area (Å²) in [5.41, 5.74) is 7.04. The van der Waals surface area contributed by atoms with Crippen LogP contribution in [0.15, 0.2) is 42.5 Å². The second-order valence-corrected chi connectivity index (χ2v) is 4.00. The summed E-state index contributed by atoms with van der Waals surface area (Å²) in [4.78, 5) is 0. The molecule has 0 saturated heterocycles. The van der Waals surface area contributed by atoms with Crippen LogP contribution in [-0.4, -0.2) is 0 Å². The zero-order valence-corrected chi connectivity index (χ0v) is 9.75. The van der Waals surface area contributed by atoms with Gasteiger partial charge in [0.2, 0.25) is 0 Å². The first-order chi connectivity index (χ1) is 8.15. The lowest BCUT2D eigenvalue weighted by atomic mass is 10.2. The number of anilines is 1. The van der Waals surface area contributed by atoms with Gasteiger partial charge < -0.3 is 10.5 Å². The third kappa shape index (κ3) is 3.11. The molecule has 0 atom stereocenters. The molecule has 2 aromatic carbocycles. The van der Waals surface area contributed by atoms with Crippen LogP contribution in [0, 0.1) is 5.82 Å². The van der Waals surface area contributed by atoms with E-state index in [1.54, 1.807) is 30.3 Å². The van der Waals surface area contributed by atoms with Crippen molar-refractivity contribution in [1.82, 2.24) is 0 Å². The molecule has 0 amide bonds. The van der Waals surface area contributed by atoms with Crippen molar-refractivity contribution in [3.05, 3.63) is 58.9 Å². The van der Waals surface area contributed by atoms with Crippen LogP contribution in [0.4, 0.5) is 10.1 Å². The predicted molar refractivity (Wildman–Crippen MR) is 66.6 cm³/mol. The number of hydrogen-bond donors (Lipinski definition) is 1. The van der Waals surface area contributed by atoms with Gasteiger partial charge in [0.15, 0.2) is 0 Å². The molecule has 0 radical (unpaired) electrons. The maximum Gasteiger partial charge on any atom is 0.126 e. The highest BCUT2D eigenvalue weighted by atomic mass is 35.5. The zero-order chi connectivity index (χ0) is 12.3. The fourth-order valence-corrected chi connectivity index (χ4v) is 1.60. The van der Waals surface area contributed by atoms with Crippen LogP contribution in [0.5, 0.6) is 5.75 Å². The van der Waals surface area contributed by atoms with Gasteiger partial charge in [-0.05, 0) is 30.3 Å². The van der Waals surface area contributed by atoms with E-state index in [1.807, 2.05) is 0 Å². The Bertz CT molecular complexity index is 531. The molecular weight excluding hydrogens is 241 g/mol. The average Bonchev–Trinajstić information content (AvgIpc) is 2.30. The molecule has 0 aliphatic carbocycles. The molecule has 0 heterocycles. The van der Waals surface area contributed by atoms with Crippen LogP contribution < -0.4 is 10.5 Å². The molecular formula is C13H11ClFNO. The van der Waals surface area contributed by atoms with Gasteiger partial charge in [0, 0.05) is 22.3 Å². The summed E-state index contributed by atoms with van der Waals surface area (Å²) in [6.45, 7) is 0.257. The fraction of sp³-hybridized carbons (Fsp3) is 0.0769. The van der Waals surface area contributed by atoms with Crippen molar-refractivity contribution in [1.29, 1.82) is 0 Å². The number of nitrogens with two attached hydrogens (primary N) is 1. The van der Waals surface area contributed by atoms with Crippen LogP contribution >= 0.6 is 11.6 Å². The summed E-state index contributed by atoms with van der Waals surface area (Å²) >= 11 is 5.98. The monoisotopic (exact) mass is 251 g/mol. The molecule has 0 aromatic heterocycles. The van der Waals surface area contributed by atoms with Gasteiger partial charge >= 0.3 is 0 Å². The molecule has 2 rings (SSSR count). The fourth-order valence-electron chi connectivity index (χ4n) is 1.42. The first kappa shape index (κ1) is 11.7. The van der Waals surface area contributed by atoms with Gasteiger partial charge in [0.25, 0.3) is 0 Å². The van der Waals surface area contributed by atoms with Crippen molar-refractivity contribution in [2.45, 2.75) is 6.61 Å². The predicted octanol–water partition coefficient (Wildman–Crippen LogP) is 3.64. The minimum atomic E-state index is -0.332. The highest BCUT2D eigenvalue weighted by molar-refractivity contribution is 6.31. The lowest BCUT2D eigenvalue weighted by Gasteiger charge is -2.08. The SMILES string of the molecule is Nc1ccc(Cl)c(COc2cccc(F)c2)c1. The second-order valence-electron chi connectivity index (χ2n) is 3.60. The normalized spacial score (nSPS) is 10.2. The summed E-state index contributed by atoms with van der Waals surface area (Å²) in [7, 11) is 0. The van der Waals surface area contributed by atoms with E-state index < -0.39 is 0 Å².